The number of carbonyl (C=O) groups excluding carboxylic acids is 2. The molecular formula is C20H26O6. The Labute approximate surface area is 152 Å². The zero-order chi connectivity index (χ0) is 18.7. The van der Waals surface area contributed by atoms with Crippen LogP contribution in [0.25, 0.3) is 0 Å². The third-order valence-electron chi connectivity index (χ3n) is 6.54. The van der Waals surface area contributed by atoms with Crippen molar-refractivity contribution < 1.29 is 28.6 Å². The molecule has 1 N–H and O–H groups in total. The summed E-state index contributed by atoms with van der Waals surface area (Å²) in [4.78, 5) is 25.5. The molecule has 2 saturated heterocycles. The zero-order valence-electron chi connectivity index (χ0n) is 15.4. The minimum atomic E-state index is -1.02. The maximum Gasteiger partial charge on any atom is 0.342 e. The zero-order valence-corrected chi connectivity index (χ0v) is 15.4. The Hall–Kier alpha value is -1.66. The third kappa shape index (κ3) is 2.62. The van der Waals surface area contributed by atoms with Gasteiger partial charge in [0.05, 0.1) is 18.6 Å². The van der Waals surface area contributed by atoms with Crippen LogP contribution in [-0.2, 0) is 19.1 Å². The average molecular weight is 362 g/mol. The molecule has 142 valence electrons. The number of rotatable bonds is 1. The Kier molecular flexibility index (Phi) is 4.04. The first-order valence-corrected chi connectivity index (χ1v) is 9.39. The molecule has 0 radical (unpaired) electrons. The van der Waals surface area contributed by atoms with E-state index in [4.69, 9.17) is 13.9 Å². The van der Waals surface area contributed by atoms with Gasteiger partial charge in [-0.25, -0.2) is 4.79 Å². The first kappa shape index (κ1) is 17.7. The minimum Gasteiger partial charge on any atom is -0.472 e. The highest BCUT2D eigenvalue weighted by Gasteiger charge is 2.71. The van der Waals surface area contributed by atoms with Crippen LogP contribution in [0.3, 0.4) is 0 Å². The maximum atomic E-state index is 12.9. The summed E-state index contributed by atoms with van der Waals surface area (Å²) in [6, 6.07) is 1.80. The van der Waals surface area contributed by atoms with Crippen LogP contribution >= 0.6 is 0 Å². The molecule has 0 bridgehead atoms. The van der Waals surface area contributed by atoms with Crippen LogP contribution in [0.1, 0.15) is 58.1 Å². The van der Waals surface area contributed by atoms with Gasteiger partial charge in [-0.2, -0.15) is 0 Å². The Bertz CT molecular complexity index is 708. The molecule has 3 heterocycles. The average Bonchev–Trinajstić information content (AvgIpc) is 3.03. The lowest BCUT2D eigenvalue weighted by atomic mass is 9.68. The van der Waals surface area contributed by atoms with Crippen molar-refractivity contribution in [1.82, 2.24) is 0 Å². The number of epoxide rings is 1. The molecule has 26 heavy (non-hydrogen) atoms. The summed E-state index contributed by atoms with van der Waals surface area (Å²) in [5.41, 5.74) is -0.722. The van der Waals surface area contributed by atoms with Crippen LogP contribution in [-0.4, -0.2) is 34.7 Å². The van der Waals surface area contributed by atoms with Crippen molar-refractivity contribution in [2.75, 3.05) is 0 Å². The van der Waals surface area contributed by atoms with Gasteiger partial charge in [0.25, 0.3) is 0 Å². The maximum absolute atomic E-state index is 12.9. The van der Waals surface area contributed by atoms with Crippen LogP contribution in [0.5, 0.6) is 0 Å². The normalized spacial score (nSPS) is 42.4. The molecule has 4 rings (SSSR count). The molecule has 6 nitrogen and oxygen atoms in total. The van der Waals surface area contributed by atoms with Crippen LogP contribution in [0.4, 0.5) is 0 Å². The first-order valence-electron chi connectivity index (χ1n) is 9.39. The molecule has 1 saturated carbocycles. The topological polar surface area (TPSA) is 89.3 Å². The predicted molar refractivity (Wildman–Crippen MR) is 91.1 cm³/mol. The smallest absolute Gasteiger partial charge is 0.342 e. The van der Waals surface area contributed by atoms with Gasteiger partial charge in [0.15, 0.2) is 11.4 Å². The second kappa shape index (κ2) is 5.92. The minimum absolute atomic E-state index is 0.0462. The number of esters is 1. The van der Waals surface area contributed by atoms with Crippen LogP contribution in [0.15, 0.2) is 23.0 Å². The Balaban J connectivity index is 1.65. The summed E-state index contributed by atoms with van der Waals surface area (Å²) in [7, 11) is 0. The lowest BCUT2D eigenvalue weighted by Crippen LogP contribution is -2.48. The summed E-state index contributed by atoms with van der Waals surface area (Å²) in [5, 5.41) is 10.5. The van der Waals surface area contributed by atoms with Gasteiger partial charge in [0.2, 0.25) is 0 Å². The quantitative estimate of drug-likeness (QED) is 0.610. The molecule has 0 aromatic carbocycles. The number of aliphatic hydroxyl groups excluding tert-OH is 1. The molecule has 3 fully saturated rings. The number of Topliss-reactive ketones (excluding diaryl/α,β-unsaturated/α-hetero) is 1. The second-order valence-electron chi connectivity index (χ2n) is 8.71. The van der Waals surface area contributed by atoms with Crippen molar-refractivity contribution in [3.63, 3.8) is 0 Å². The molecule has 1 aromatic heterocycles. The largest absolute Gasteiger partial charge is 0.472 e. The van der Waals surface area contributed by atoms with Crippen LogP contribution in [0, 0.1) is 17.3 Å². The van der Waals surface area contributed by atoms with Gasteiger partial charge in [-0.1, -0.05) is 20.8 Å². The van der Waals surface area contributed by atoms with Gasteiger partial charge in [0.1, 0.15) is 12.2 Å². The summed E-state index contributed by atoms with van der Waals surface area (Å²) >= 11 is 0. The monoisotopic (exact) mass is 362 g/mol. The van der Waals surface area contributed by atoms with E-state index in [1.807, 2.05) is 20.8 Å². The third-order valence-corrected chi connectivity index (χ3v) is 6.54. The number of ether oxygens (including phenoxy) is 2. The molecule has 0 unspecified atom stereocenters. The molecule has 6 atom stereocenters. The predicted octanol–water partition coefficient (Wildman–Crippen LogP) is 2.80. The number of aliphatic hydroxyl groups is 1. The van der Waals surface area contributed by atoms with Gasteiger partial charge in [0, 0.05) is 16.9 Å². The van der Waals surface area contributed by atoms with Crippen molar-refractivity contribution in [2.45, 2.75) is 70.4 Å². The number of hydrogen-bond donors (Lipinski definition) is 1. The summed E-state index contributed by atoms with van der Waals surface area (Å²) in [6.45, 7) is 5.69. The molecule has 1 spiro atoms. The number of hydrogen-bond acceptors (Lipinski definition) is 6. The van der Waals surface area contributed by atoms with Gasteiger partial charge in [-0.05, 0) is 37.7 Å². The SMILES string of the molecule is C[C@@H]1C[C@H](O)C(=O)C(C)(C)CC[C@@H]2O[C@]23C(=O)O[C@@H](c2ccoc2)C[C@@H]13. The summed E-state index contributed by atoms with van der Waals surface area (Å²) in [6.07, 6.45) is 3.67. The van der Waals surface area contributed by atoms with Crippen molar-refractivity contribution in [3.8, 4) is 0 Å². The highest BCUT2D eigenvalue weighted by Crippen LogP contribution is 2.57. The van der Waals surface area contributed by atoms with E-state index >= 15 is 0 Å². The number of carbonyl (C=O) groups is 2. The summed E-state index contributed by atoms with van der Waals surface area (Å²) in [5.74, 6) is -0.592. The van der Waals surface area contributed by atoms with Crippen molar-refractivity contribution in [3.05, 3.63) is 24.2 Å². The molecule has 3 aliphatic rings. The van der Waals surface area contributed by atoms with E-state index in [0.717, 1.165) is 5.56 Å². The van der Waals surface area contributed by atoms with Crippen molar-refractivity contribution >= 4 is 11.8 Å². The number of furan rings is 1. The summed E-state index contributed by atoms with van der Waals surface area (Å²) < 4.78 is 16.8. The Morgan fingerprint density at radius 3 is 2.69 bits per heavy atom. The van der Waals surface area contributed by atoms with E-state index in [0.29, 0.717) is 25.7 Å². The van der Waals surface area contributed by atoms with Gasteiger partial charge >= 0.3 is 5.97 Å². The van der Waals surface area contributed by atoms with Crippen molar-refractivity contribution in [2.24, 2.45) is 17.3 Å². The molecule has 1 aromatic rings. The van der Waals surface area contributed by atoms with Gasteiger partial charge in [-0.15, -0.1) is 0 Å². The van der Waals surface area contributed by atoms with E-state index < -0.39 is 17.1 Å². The number of ketones is 1. The fraction of sp³-hybridized carbons (Fsp3) is 0.700. The van der Waals surface area contributed by atoms with E-state index in [2.05, 4.69) is 0 Å². The molecule has 1 aliphatic carbocycles. The van der Waals surface area contributed by atoms with Crippen LogP contribution in [0.2, 0.25) is 0 Å². The van der Waals surface area contributed by atoms with Crippen molar-refractivity contribution in [1.29, 1.82) is 0 Å². The first-order chi connectivity index (χ1) is 12.3. The highest BCUT2D eigenvalue weighted by atomic mass is 16.7. The second-order valence-corrected chi connectivity index (χ2v) is 8.71. The lowest BCUT2D eigenvalue weighted by Gasteiger charge is -2.39. The van der Waals surface area contributed by atoms with Crippen LogP contribution < -0.4 is 0 Å². The van der Waals surface area contributed by atoms with Gasteiger partial charge in [-0.3, -0.25) is 4.79 Å². The molecule has 2 aliphatic heterocycles. The van der Waals surface area contributed by atoms with E-state index in [1.165, 1.54) is 0 Å². The molecular weight excluding hydrogens is 336 g/mol. The fourth-order valence-electron chi connectivity index (χ4n) is 4.81. The molecule has 0 amide bonds. The molecule has 6 heteroatoms. The van der Waals surface area contributed by atoms with E-state index in [9.17, 15) is 14.7 Å². The van der Waals surface area contributed by atoms with Gasteiger partial charge < -0.3 is 19.0 Å². The number of cyclic esters (lactones) is 1. The van der Waals surface area contributed by atoms with E-state index in [1.54, 1.807) is 18.6 Å². The standard InChI is InChI=1S/C20H26O6/c1-11-8-14(21)17(22)19(2,3)6-4-16-20(26-16)13(11)9-15(25-18(20)23)12-5-7-24-10-12/h5,7,10-11,13-16,21H,4,6,8-9H2,1-3H3/t11-,13+,14+,15-,16+,20+/m1/s1. The van der Waals surface area contributed by atoms with E-state index in [-0.39, 0.29) is 35.8 Å². The Morgan fingerprint density at radius 1 is 1.23 bits per heavy atom. The highest BCUT2D eigenvalue weighted by molar-refractivity contribution is 5.88. The lowest BCUT2D eigenvalue weighted by molar-refractivity contribution is -0.171. The fourth-order valence-corrected chi connectivity index (χ4v) is 4.81. The Morgan fingerprint density at radius 2 is 2.00 bits per heavy atom.